The van der Waals surface area contributed by atoms with Crippen molar-refractivity contribution in [2.45, 2.75) is 18.1 Å². The van der Waals surface area contributed by atoms with Crippen LogP contribution in [-0.4, -0.2) is 40.0 Å². The van der Waals surface area contributed by atoms with Crippen LogP contribution in [0.1, 0.15) is 28.7 Å². The molecule has 3 N–H and O–H groups in total. The Kier molecular flexibility index (Phi) is 5.45. The van der Waals surface area contributed by atoms with E-state index in [2.05, 4.69) is 10.3 Å². The number of nitrogens with zero attached hydrogens (tertiary/aromatic N) is 1. The van der Waals surface area contributed by atoms with Crippen molar-refractivity contribution >= 4 is 12.1 Å². The topological polar surface area (TPSA) is 109 Å². The van der Waals surface area contributed by atoms with Crippen LogP contribution in [-0.2, 0) is 9.53 Å². The van der Waals surface area contributed by atoms with Crippen LogP contribution in [0.3, 0.4) is 0 Å². The van der Waals surface area contributed by atoms with Gasteiger partial charge >= 0.3 is 12.1 Å². The highest BCUT2D eigenvalue weighted by Gasteiger charge is 2.32. The molecule has 1 aliphatic carbocycles. The monoisotopic (exact) mass is 404 g/mol. The summed E-state index contributed by atoms with van der Waals surface area (Å²) in [7, 11) is 0. The number of ether oxygens (including phenoxy) is 1. The summed E-state index contributed by atoms with van der Waals surface area (Å²) < 4.78 is 5.45. The summed E-state index contributed by atoms with van der Waals surface area (Å²) in [6.07, 6.45) is 0.252. The van der Waals surface area contributed by atoms with Crippen molar-refractivity contribution in [3.63, 3.8) is 0 Å². The maximum Gasteiger partial charge on any atom is 0.407 e. The Hall–Kier alpha value is -3.71. The maximum atomic E-state index is 12.5. The van der Waals surface area contributed by atoms with E-state index < -0.39 is 24.2 Å². The Morgan fingerprint density at radius 2 is 1.63 bits per heavy atom. The van der Waals surface area contributed by atoms with Crippen molar-refractivity contribution in [3.05, 3.63) is 89.7 Å². The number of benzene rings is 2. The number of pyridine rings is 1. The number of hydrogen-bond donors (Lipinski definition) is 3. The van der Waals surface area contributed by atoms with E-state index in [1.165, 1.54) is 12.4 Å². The van der Waals surface area contributed by atoms with E-state index in [0.29, 0.717) is 5.56 Å². The van der Waals surface area contributed by atoms with Crippen LogP contribution in [0.25, 0.3) is 11.1 Å². The van der Waals surface area contributed by atoms with Gasteiger partial charge in [-0.3, -0.25) is 4.98 Å². The van der Waals surface area contributed by atoms with E-state index in [1.54, 1.807) is 12.1 Å². The quantitative estimate of drug-likeness (QED) is 0.583. The van der Waals surface area contributed by atoms with Crippen LogP contribution >= 0.6 is 0 Å². The Morgan fingerprint density at radius 1 is 1.00 bits per heavy atom. The first-order chi connectivity index (χ1) is 14.6. The van der Waals surface area contributed by atoms with Crippen LogP contribution in [0.2, 0.25) is 0 Å². The van der Waals surface area contributed by atoms with Crippen molar-refractivity contribution in [1.82, 2.24) is 10.3 Å². The van der Waals surface area contributed by atoms with Gasteiger partial charge in [0, 0.05) is 18.3 Å². The fraction of sp³-hybridized carbons (Fsp3) is 0.174. The van der Waals surface area contributed by atoms with Gasteiger partial charge in [-0.2, -0.15) is 0 Å². The van der Waals surface area contributed by atoms with Crippen molar-refractivity contribution in [2.75, 3.05) is 6.61 Å². The van der Waals surface area contributed by atoms with E-state index in [9.17, 15) is 19.8 Å². The molecule has 152 valence electrons. The third-order valence-corrected chi connectivity index (χ3v) is 5.23. The van der Waals surface area contributed by atoms with Gasteiger partial charge in [0.25, 0.3) is 0 Å². The zero-order valence-corrected chi connectivity index (χ0v) is 15.9. The van der Waals surface area contributed by atoms with Gasteiger partial charge in [-0.25, -0.2) is 9.59 Å². The molecule has 2 atom stereocenters. The zero-order valence-electron chi connectivity index (χ0n) is 15.9. The van der Waals surface area contributed by atoms with Gasteiger partial charge in [-0.1, -0.05) is 54.6 Å². The second kappa shape index (κ2) is 8.34. The highest BCUT2D eigenvalue weighted by atomic mass is 16.5. The molecule has 4 rings (SSSR count). The highest BCUT2D eigenvalue weighted by molar-refractivity contribution is 5.79. The number of aliphatic hydroxyl groups is 1. The molecule has 1 aliphatic rings. The molecular formula is C23H20N2O5. The number of alkyl carbamates (subject to hydrolysis) is 1. The Balaban J connectivity index is 1.50. The van der Waals surface area contributed by atoms with Crippen LogP contribution in [0.4, 0.5) is 4.79 Å². The fourth-order valence-electron chi connectivity index (χ4n) is 3.81. The molecule has 1 aromatic heterocycles. The number of fused-ring (bicyclic) bond motifs is 3. The minimum absolute atomic E-state index is 0.0861. The fourth-order valence-corrected chi connectivity index (χ4v) is 3.81. The standard InChI is InChI=1S/C23H20N2O5/c26-21(22(27)28)20(14-6-5-11-24-12-14)25-23(29)30-13-19-17-9-3-1-7-15(17)16-8-2-4-10-18(16)19/h1-12,19-21,26H,13H2,(H,25,29)(H,27,28)/t20-,21-/m0/s1. The van der Waals surface area contributed by atoms with Crippen molar-refractivity contribution in [3.8, 4) is 11.1 Å². The lowest BCUT2D eigenvalue weighted by Gasteiger charge is -2.22. The Labute approximate surface area is 173 Å². The normalized spacial score (nSPS) is 14.3. The van der Waals surface area contributed by atoms with Crippen molar-refractivity contribution in [1.29, 1.82) is 0 Å². The van der Waals surface area contributed by atoms with Crippen molar-refractivity contribution in [2.24, 2.45) is 0 Å². The number of aliphatic carboxylic acids is 1. The molecule has 0 aliphatic heterocycles. The van der Waals surface area contributed by atoms with Crippen LogP contribution < -0.4 is 5.32 Å². The first-order valence-electron chi connectivity index (χ1n) is 9.48. The molecule has 7 heteroatoms. The van der Waals surface area contributed by atoms with Crippen molar-refractivity contribution < 1.29 is 24.5 Å². The number of aliphatic hydroxyl groups excluding tert-OH is 1. The first-order valence-corrected chi connectivity index (χ1v) is 9.48. The largest absolute Gasteiger partial charge is 0.479 e. The van der Waals surface area contributed by atoms with Gasteiger partial charge in [-0.15, -0.1) is 0 Å². The molecule has 0 spiro atoms. The average molecular weight is 404 g/mol. The molecule has 0 saturated heterocycles. The SMILES string of the molecule is O=C(N[C@@H](c1cccnc1)[C@H](O)C(=O)O)OCC1c2ccccc2-c2ccccc21. The lowest BCUT2D eigenvalue weighted by atomic mass is 9.98. The summed E-state index contributed by atoms with van der Waals surface area (Å²) in [5, 5.41) is 21.7. The first kappa shape index (κ1) is 19.6. The van der Waals surface area contributed by atoms with E-state index in [0.717, 1.165) is 22.3 Å². The van der Waals surface area contributed by atoms with Crippen LogP contribution in [0.15, 0.2) is 73.1 Å². The summed E-state index contributed by atoms with van der Waals surface area (Å²) in [4.78, 5) is 27.7. The van der Waals surface area contributed by atoms with Gasteiger partial charge in [0.1, 0.15) is 6.61 Å². The number of carboxylic acids is 1. The second-order valence-corrected chi connectivity index (χ2v) is 7.02. The molecule has 0 unspecified atom stereocenters. The molecule has 7 nitrogen and oxygen atoms in total. The molecule has 0 bridgehead atoms. The highest BCUT2D eigenvalue weighted by Crippen LogP contribution is 2.44. The summed E-state index contributed by atoms with van der Waals surface area (Å²) >= 11 is 0. The Morgan fingerprint density at radius 3 is 2.20 bits per heavy atom. The minimum Gasteiger partial charge on any atom is -0.479 e. The molecule has 3 aromatic rings. The summed E-state index contributed by atoms with van der Waals surface area (Å²) in [6.45, 7) is 0.0861. The lowest BCUT2D eigenvalue weighted by Crippen LogP contribution is -2.40. The molecule has 2 aromatic carbocycles. The number of nitrogens with one attached hydrogen (secondary N) is 1. The Bertz CT molecular complexity index is 1020. The predicted octanol–water partition coefficient (Wildman–Crippen LogP) is 3.11. The molecule has 0 saturated carbocycles. The summed E-state index contributed by atoms with van der Waals surface area (Å²) in [5.41, 5.74) is 4.72. The number of aromatic nitrogens is 1. The van der Waals surface area contributed by atoms with E-state index in [-0.39, 0.29) is 12.5 Å². The average Bonchev–Trinajstić information content (AvgIpc) is 3.10. The van der Waals surface area contributed by atoms with Crippen LogP contribution in [0.5, 0.6) is 0 Å². The van der Waals surface area contributed by atoms with Gasteiger partial charge < -0.3 is 20.3 Å². The molecule has 1 heterocycles. The molecule has 0 radical (unpaired) electrons. The van der Waals surface area contributed by atoms with Gasteiger partial charge in [-0.05, 0) is 33.9 Å². The summed E-state index contributed by atoms with van der Waals surface area (Å²) in [6, 6.07) is 17.9. The molecule has 0 fully saturated rings. The van der Waals surface area contributed by atoms with Gasteiger partial charge in [0.2, 0.25) is 0 Å². The predicted molar refractivity (Wildman–Crippen MR) is 109 cm³/mol. The third-order valence-electron chi connectivity index (χ3n) is 5.23. The number of hydrogen-bond acceptors (Lipinski definition) is 5. The summed E-state index contributed by atoms with van der Waals surface area (Å²) in [5.74, 6) is -1.58. The zero-order chi connectivity index (χ0) is 21.1. The van der Waals surface area contributed by atoms with E-state index >= 15 is 0 Å². The number of carbonyl (C=O) groups is 2. The minimum atomic E-state index is -1.84. The van der Waals surface area contributed by atoms with Gasteiger partial charge in [0.15, 0.2) is 6.10 Å². The molecular weight excluding hydrogens is 384 g/mol. The number of amides is 1. The number of carboxylic acid groups (broad SMARTS) is 1. The second-order valence-electron chi connectivity index (χ2n) is 7.02. The van der Waals surface area contributed by atoms with E-state index in [1.807, 2.05) is 48.5 Å². The maximum absolute atomic E-state index is 12.5. The lowest BCUT2D eigenvalue weighted by molar-refractivity contribution is -0.148. The molecule has 1 amide bonds. The number of carbonyl (C=O) groups excluding carboxylic acids is 1. The van der Waals surface area contributed by atoms with Gasteiger partial charge in [0.05, 0.1) is 6.04 Å². The third kappa shape index (κ3) is 3.75. The molecule has 30 heavy (non-hydrogen) atoms. The smallest absolute Gasteiger partial charge is 0.407 e. The number of rotatable bonds is 6. The van der Waals surface area contributed by atoms with Crippen LogP contribution in [0, 0.1) is 0 Å². The van der Waals surface area contributed by atoms with E-state index in [4.69, 9.17) is 4.74 Å².